The van der Waals surface area contributed by atoms with Gasteiger partial charge in [-0.3, -0.25) is 4.79 Å². The van der Waals surface area contributed by atoms with Gasteiger partial charge in [-0.1, -0.05) is 12.7 Å². The number of carboxylic acid groups (broad SMARTS) is 1. The number of ether oxygens (including phenoxy) is 1. The number of aliphatic carboxylic acids is 1. The van der Waals surface area contributed by atoms with Crippen LogP contribution in [0.2, 0.25) is 0 Å². The molecule has 1 saturated heterocycles. The van der Waals surface area contributed by atoms with Gasteiger partial charge in [0.05, 0.1) is 0 Å². The molecule has 1 heterocycles. The molecule has 0 bridgehead atoms. The zero-order valence-corrected chi connectivity index (χ0v) is 9.22. The van der Waals surface area contributed by atoms with Gasteiger partial charge in [-0.25, -0.2) is 4.79 Å². The van der Waals surface area contributed by atoms with E-state index in [1.54, 1.807) is 4.90 Å². The number of rotatable bonds is 5. The SMILES string of the molecule is C=CCOC(=O)N1CCCC1CCC(=O)O. The van der Waals surface area contributed by atoms with E-state index in [2.05, 4.69) is 6.58 Å². The predicted octanol–water partition coefficient (Wildman–Crippen LogP) is 1.64. The van der Waals surface area contributed by atoms with Gasteiger partial charge in [0.1, 0.15) is 6.61 Å². The van der Waals surface area contributed by atoms with E-state index < -0.39 is 5.97 Å². The Labute approximate surface area is 94.7 Å². The fourth-order valence-corrected chi connectivity index (χ4v) is 1.88. The molecular formula is C11H17NO4. The minimum absolute atomic E-state index is 0.00779. The van der Waals surface area contributed by atoms with Gasteiger partial charge in [-0.05, 0) is 19.3 Å². The van der Waals surface area contributed by atoms with Crippen molar-refractivity contribution in [2.75, 3.05) is 13.2 Å². The molecular weight excluding hydrogens is 210 g/mol. The fourth-order valence-electron chi connectivity index (χ4n) is 1.88. The molecule has 5 nitrogen and oxygen atoms in total. The number of carbonyl (C=O) groups excluding carboxylic acids is 1. The smallest absolute Gasteiger partial charge is 0.410 e. The molecule has 16 heavy (non-hydrogen) atoms. The van der Waals surface area contributed by atoms with Crippen molar-refractivity contribution in [1.82, 2.24) is 4.90 Å². The number of carboxylic acids is 1. The van der Waals surface area contributed by atoms with E-state index in [4.69, 9.17) is 9.84 Å². The second kappa shape index (κ2) is 6.15. The van der Waals surface area contributed by atoms with Crippen LogP contribution in [0, 0.1) is 0 Å². The Kier molecular flexibility index (Phi) is 4.82. The molecule has 1 rings (SSSR count). The van der Waals surface area contributed by atoms with Crippen molar-refractivity contribution in [3.63, 3.8) is 0 Å². The maximum Gasteiger partial charge on any atom is 0.410 e. The van der Waals surface area contributed by atoms with Crippen LogP contribution in [0.4, 0.5) is 4.79 Å². The third-order valence-electron chi connectivity index (χ3n) is 2.63. The third kappa shape index (κ3) is 3.56. The molecule has 1 fully saturated rings. The van der Waals surface area contributed by atoms with Crippen molar-refractivity contribution >= 4 is 12.1 Å². The highest BCUT2D eigenvalue weighted by Crippen LogP contribution is 2.22. The van der Waals surface area contributed by atoms with Crippen molar-refractivity contribution in [3.8, 4) is 0 Å². The molecule has 0 aromatic heterocycles. The van der Waals surface area contributed by atoms with Crippen LogP contribution in [0.1, 0.15) is 25.7 Å². The minimum atomic E-state index is -0.827. The molecule has 90 valence electrons. The summed E-state index contributed by atoms with van der Waals surface area (Å²) in [6.07, 6.45) is 3.51. The first kappa shape index (κ1) is 12.5. The summed E-state index contributed by atoms with van der Waals surface area (Å²) in [6, 6.07) is 0.00779. The molecule has 1 aliphatic heterocycles. The van der Waals surface area contributed by atoms with Crippen LogP contribution < -0.4 is 0 Å². The number of hydrogen-bond acceptors (Lipinski definition) is 3. The summed E-state index contributed by atoms with van der Waals surface area (Å²) in [5, 5.41) is 8.59. The lowest BCUT2D eigenvalue weighted by Gasteiger charge is -2.23. The Bertz CT molecular complexity index is 277. The van der Waals surface area contributed by atoms with Crippen LogP contribution in [-0.4, -0.2) is 41.3 Å². The van der Waals surface area contributed by atoms with Gasteiger partial charge in [0.25, 0.3) is 0 Å². The Balaban J connectivity index is 2.41. The Morgan fingerprint density at radius 2 is 2.31 bits per heavy atom. The van der Waals surface area contributed by atoms with E-state index in [0.717, 1.165) is 12.8 Å². The molecule has 0 radical (unpaired) electrons. The average molecular weight is 227 g/mol. The molecule has 0 aliphatic carbocycles. The zero-order chi connectivity index (χ0) is 12.0. The second-order valence-corrected chi connectivity index (χ2v) is 3.79. The number of likely N-dealkylation sites (tertiary alicyclic amines) is 1. The Hall–Kier alpha value is -1.52. The van der Waals surface area contributed by atoms with E-state index in [1.165, 1.54) is 6.08 Å². The predicted molar refractivity (Wildman–Crippen MR) is 58.1 cm³/mol. The molecule has 0 aromatic rings. The number of hydrogen-bond donors (Lipinski definition) is 1. The van der Waals surface area contributed by atoms with Crippen molar-refractivity contribution in [2.45, 2.75) is 31.7 Å². The molecule has 1 aliphatic rings. The fraction of sp³-hybridized carbons (Fsp3) is 0.636. The lowest BCUT2D eigenvalue weighted by Crippen LogP contribution is -2.36. The maximum atomic E-state index is 11.6. The first-order valence-corrected chi connectivity index (χ1v) is 5.41. The van der Waals surface area contributed by atoms with E-state index in [1.807, 2.05) is 0 Å². The van der Waals surface area contributed by atoms with Gasteiger partial charge in [0, 0.05) is 19.0 Å². The van der Waals surface area contributed by atoms with Gasteiger partial charge in [0.15, 0.2) is 0 Å². The normalized spacial score (nSPS) is 19.5. The van der Waals surface area contributed by atoms with E-state index in [9.17, 15) is 9.59 Å². The summed E-state index contributed by atoms with van der Waals surface area (Å²) in [7, 11) is 0. The summed E-state index contributed by atoms with van der Waals surface area (Å²) in [4.78, 5) is 23.6. The standard InChI is InChI=1S/C11H17NO4/c1-2-8-16-11(15)12-7-3-4-9(12)5-6-10(13)14/h2,9H,1,3-8H2,(H,13,14). The topological polar surface area (TPSA) is 66.8 Å². The largest absolute Gasteiger partial charge is 0.481 e. The zero-order valence-electron chi connectivity index (χ0n) is 9.22. The summed E-state index contributed by atoms with van der Waals surface area (Å²) in [6.45, 7) is 4.31. The van der Waals surface area contributed by atoms with Crippen LogP contribution in [-0.2, 0) is 9.53 Å². The number of nitrogens with zero attached hydrogens (tertiary/aromatic N) is 1. The molecule has 1 N–H and O–H groups in total. The lowest BCUT2D eigenvalue weighted by molar-refractivity contribution is -0.137. The maximum absolute atomic E-state index is 11.6. The second-order valence-electron chi connectivity index (χ2n) is 3.79. The Morgan fingerprint density at radius 1 is 1.56 bits per heavy atom. The van der Waals surface area contributed by atoms with Gasteiger partial charge < -0.3 is 14.7 Å². The third-order valence-corrected chi connectivity index (χ3v) is 2.63. The summed E-state index contributed by atoms with van der Waals surface area (Å²) < 4.78 is 4.93. The van der Waals surface area contributed by atoms with Crippen LogP contribution in [0.25, 0.3) is 0 Å². The molecule has 1 unspecified atom stereocenters. The highest BCUT2D eigenvalue weighted by Gasteiger charge is 2.29. The van der Waals surface area contributed by atoms with E-state index in [-0.39, 0.29) is 25.2 Å². The summed E-state index contributed by atoms with van der Waals surface area (Å²) in [5.41, 5.74) is 0. The molecule has 1 amide bonds. The first-order valence-electron chi connectivity index (χ1n) is 5.41. The number of carbonyl (C=O) groups is 2. The summed E-state index contributed by atoms with van der Waals surface area (Å²) >= 11 is 0. The van der Waals surface area contributed by atoms with Gasteiger partial charge in [-0.15, -0.1) is 0 Å². The molecule has 0 aromatic carbocycles. The van der Waals surface area contributed by atoms with Gasteiger partial charge in [0.2, 0.25) is 0 Å². The van der Waals surface area contributed by atoms with Crippen LogP contribution in [0.15, 0.2) is 12.7 Å². The molecule has 0 saturated carbocycles. The van der Waals surface area contributed by atoms with Gasteiger partial charge in [-0.2, -0.15) is 0 Å². The first-order chi connectivity index (χ1) is 7.65. The van der Waals surface area contributed by atoms with Crippen molar-refractivity contribution in [3.05, 3.63) is 12.7 Å². The van der Waals surface area contributed by atoms with Crippen LogP contribution in [0.5, 0.6) is 0 Å². The lowest BCUT2D eigenvalue weighted by atomic mass is 10.1. The monoisotopic (exact) mass is 227 g/mol. The van der Waals surface area contributed by atoms with Gasteiger partial charge >= 0.3 is 12.1 Å². The minimum Gasteiger partial charge on any atom is -0.481 e. The van der Waals surface area contributed by atoms with Crippen LogP contribution >= 0.6 is 0 Å². The molecule has 1 atom stereocenters. The van der Waals surface area contributed by atoms with Crippen molar-refractivity contribution in [1.29, 1.82) is 0 Å². The van der Waals surface area contributed by atoms with Crippen molar-refractivity contribution < 1.29 is 19.4 Å². The van der Waals surface area contributed by atoms with Crippen molar-refractivity contribution in [2.24, 2.45) is 0 Å². The number of amides is 1. The van der Waals surface area contributed by atoms with E-state index in [0.29, 0.717) is 13.0 Å². The highest BCUT2D eigenvalue weighted by atomic mass is 16.6. The molecule has 5 heteroatoms. The Morgan fingerprint density at radius 3 is 2.94 bits per heavy atom. The van der Waals surface area contributed by atoms with E-state index >= 15 is 0 Å². The highest BCUT2D eigenvalue weighted by molar-refractivity contribution is 5.69. The average Bonchev–Trinajstić information content (AvgIpc) is 2.71. The molecule has 0 spiro atoms. The quantitative estimate of drug-likeness (QED) is 0.725. The summed E-state index contributed by atoms with van der Waals surface area (Å²) in [5.74, 6) is -0.827. The van der Waals surface area contributed by atoms with Crippen LogP contribution in [0.3, 0.4) is 0 Å².